The Morgan fingerprint density at radius 2 is 1.83 bits per heavy atom. The van der Waals surface area contributed by atoms with Gasteiger partial charge in [0, 0.05) is 28.5 Å². The van der Waals surface area contributed by atoms with Crippen molar-refractivity contribution in [2.45, 2.75) is 4.90 Å². The zero-order valence-electron chi connectivity index (χ0n) is 12.9. The highest BCUT2D eigenvalue weighted by atomic mass is 32.2. The molecule has 24 heavy (non-hydrogen) atoms. The average Bonchev–Trinajstić information content (AvgIpc) is 2.60. The summed E-state index contributed by atoms with van der Waals surface area (Å²) in [6, 6.07) is 15.7. The lowest BCUT2D eigenvalue weighted by molar-refractivity contribution is -0.128. The first-order valence-corrected chi connectivity index (χ1v) is 8.44. The van der Waals surface area contributed by atoms with Crippen LogP contribution in [0.2, 0.25) is 0 Å². The van der Waals surface area contributed by atoms with Gasteiger partial charge in [-0.3, -0.25) is 0 Å². The lowest BCUT2D eigenvalue weighted by Gasteiger charge is -2.02. The minimum absolute atomic E-state index is 0.323. The van der Waals surface area contributed by atoms with Gasteiger partial charge in [0.1, 0.15) is 11.3 Å². The second-order valence-electron chi connectivity index (χ2n) is 4.98. The van der Waals surface area contributed by atoms with Crippen LogP contribution < -0.4 is 10.4 Å². The van der Waals surface area contributed by atoms with Crippen molar-refractivity contribution in [1.82, 2.24) is 0 Å². The predicted octanol–water partition coefficient (Wildman–Crippen LogP) is 4.13. The van der Waals surface area contributed by atoms with Crippen LogP contribution in [0.1, 0.15) is 5.56 Å². The number of rotatable bonds is 4. The molecular formula is C19H14O4S. The number of fused-ring (bicyclic) bond motifs is 1. The number of hydrogen-bond acceptors (Lipinski definition) is 5. The topological polar surface area (TPSA) is 56.5 Å². The Balaban J connectivity index is 1.71. The van der Waals surface area contributed by atoms with Crippen LogP contribution in [0.15, 0.2) is 74.8 Å². The molecule has 0 radical (unpaired) electrons. The van der Waals surface area contributed by atoms with Crippen LogP contribution >= 0.6 is 11.8 Å². The monoisotopic (exact) mass is 338 g/mol. The summed E-state index contributed by atoms with van der Waals surface area (Å²) in [4.78, 5) is 24.3. The third-order valence-electron chi connectivity index (χ3n) is 3.34. The van der Waals surface area contributed by atoms with E-state index in [-0.39, 0.29) is 0 Å². The third-order valence-corrected chi connectivity index (χ3v) is 4.08. The molecule has 0 aliphatic carbocycles. The molecule has 1 heterocycles. The summed E-state index contributed by atoms with van der Waals surface area (Å²) in [5, 5.41) is 0.763. The zero-order chi connectivity index (χ0) is 16.9. The van der Waals surface area contributed by atoms with E-state index in [0.29, 0.717) is 11.3 Å². The van der Waals surface area contributed by atoms with Crippen molar-refractivity contribution in [3.05, 3.63) is 76.7 Å². The first-order valence-electron chi connectivity index (χ1n) is 7.22. The van der Waals surface area contributed by atoms with E-state index >= 15 is 0 Å². The lowest BCUT2D eigenvalue weighted by atomic mass is 10.2. The largest absolute Gasteiger partial charge is 0.423 e. The van der Waals surface area contributed by atoms with Crippen molar-refractivity contribution in [2.24, 2.45) is 0 Å². The summed E-state index contributed by atoms with van der Waals surface area (Å²) in [5.74, 6) is -0.175. The molecule has 4 nitrogen and oxygen atoms in total. The zero-order valence-corrected chi connectivity index (χ0v) is 13.7. The van der Waals surface area contributed by atoms with E-state index < -0.39 is 11.6 Å². The first-order chi connectivity index (χ1) is 11.6. The lowest BCUT2D eigenvalue weighted by Crippen LogP contribution is -2.03. The van der Waals surface area contributed by atoms with E-state index in [0.717, 1.165) is 15.8 Å². The van der Waals surface area contributed by atoms with Gasteiger partial charge in [-0.1, -0.05) is 12.1 Å². The molecule has 3 rings (SSSR count). The fourth-order valence-corrected chi connectivity index (χ4v) is 2.54. The Bertz CT molecular complexity index is 955. The molecule has 0 bridgehead atoms. The summed E-state index contributed by atoms with van der Waals surface area (Å²) >= 11 is 1.66. The second-order valence-corrected chi connectivity index (χ2v) is 5.86. The summed E-state index contributed by atoms with van der Waals surface area (Å²) in [7, 11) is 0. The average molecular weight is 338 g/mol. The SMILES string of the molecule is CSc1ccc(/C=C/C(=O)Oc2ccc3ccc(=O)oc3c2)cc1. The molecule has 2 aromatic carbocycles. The van der Waals surface area contributed by atoms with Crippen LogP contribution in [0.5, 0.6) is 5.75 Å². The smallest absolute Gasteiger partial charge is 0.336 e. The molecular weight excluding hydrogens is 324 g/mol. The van der Waals surface area contributed by atoms with E-state index in [1.54, 1.807) is 36.0 Å². The van der Waals surface area contributed by atoms with E-state index in [9.17, 15) is 9.59 Å². The molecule has 3 aromatic rings. The number of esters is 1. The highest BCUT2D eigenvalue weighted by Crippen LogP contribution is 2.20. The van der Waals surface area contributed by atoms with E-state index in [2.05, 4.69) is 0 Å². The van der Waals surface area contributed by atoms with Crippen LogP contribution in [0.25, 0.3) is 17.0 Å². The highest BCUT2D eigenvalue weighted by Gasteiger charge is 2.04. The Hall–Kier alpha value is -2.79. The molecule has 0 aliphatic rings. The molecule has 0 fully saturated rings. The summed E-state index contributed by atoms with van der Waals surface area (Å²) in [6.45, 7) is 0. The molecule has 0 saturated carbocycles. The molecule has 120 valence electrons. The third kappa shape index (κ3) is 3.94. The second kappa shape index (κ2) is 7.19. The van der Waals surface area contributed by atoms with Crippen LogP contribution in [-0.2, 0) is 4.79 Å². The molecule has 0 unspecified atom stereocenters. The van der Waals surface area contributed by atoms with Gasteiger partial charge in [0.15, 0.2) is 0 Å². The molecule has 0 saturated heterocycles. The molecule has 0 amide bonds. The van der Waals surface area contributed by atoms with Crippen LogP contribution in [0.4, 0.5) is 0 Å². The Morgan fingerprint density at radius 3 is 2.58 bits per heavy atom. The molecule has 0 N–H and O–H groups in total. The van der Waals surface area contributed by atoms with E-state index in [1.807, 2.05) is 30.5 Å². The first kappa shape index (κ1) is 16.1. The van der Waals surface area contributed by atoms with Crippen molar-refractivity contribution in [3.63, 3.8) is 0 Å². The van der Waals surface area contributed by atoms with Gasteiger partial charge in [-0.15, -0.1) is 11.8 Å². The number of hydrogen-bond donors (Lipinski definition) is 0. The van der Waals surface area contributed by atoms with E-state index in [1.165, 1.54) is 18.2 Å². The van der Waals surface area contributed by atoms with Gasteiger partial charge < -0.3 is 9.15 Å². The molecule has 5 heteroatoms. The van der Waals surface area contributed by atoms with Gasteiger partial charge in [0.05, 0.1) is 0 Å². The Labute approximate surface area is 142 Å². The van der Waals surface area contributed by atoms with E-state index in [4.69, 9.17) is 9.15 Å². The Kier molecular flexibility index (Phi) is 4.82. The van der Waals surface area contributed by atoms with Gasteiger partial charge in [-0.25, -0.2) is 9.59 Å². The van der Waals surface area contributed by atoms with Crippen molar-refractivity contribution >= 4 is 34.8 Å². The number of carbonyl (C=O) groups excluding carboxylic acids is 1. The number of carbonyl (C=O) groups is 1. The number of benzene rings is 2. The van der Waals surface area contributed by atoms with Crippen molar-refractivity contribution in [3.8, 4) is 5.75 Å². The maximum Gasteiger partial charge on any atom is 0.336 e. The molecule has 0 aliphatic heterocycles. The van der Waals surface area contributed by atoms with Gasteiger partial charge in [-0.2, -0.15) is 0 Å². The predicted molar refractivity (Wildman–Crippen MR) is 95.4 cm³/mol. The minimum Gasteiger partial charge on any atom is -0.423 e. The van der Waals surface area contributed by atoms with Crippen LogP contribution in [-0.4, -0.2) is 12.2 Å². The minimum atomic E-state index is -0.499. The molecule has 0 atom stereocenters. The standard InChI is InChI=1S/C19H14O4S/c1-24-16-8-2-13(3-9-16)4-10-18(20)22-15-7-5-14-6-11-19(21)23-17(14)12-15/h2-12H,1H3/b10-4+. The van der Waals surface area contributed by atoms with Crippen LogP contribution in [0, 0.1) is 0 Å². The van der Waals surface area contributed by atoms with Crippen molar-refractivity contribution in [1.29, 1.82) is 0 Å². The number of ether oxygens (including phenoxy) is 1. The van der Waals surface area contributed by atoms with Crippen LogP contribution in [0.3, 0.4) is 0 Å². The van der Waals surface area contributed by atoms with Gasteiger partial charge in [-0.05, 0) is 48.2 Å². The maximum atomic E-state index is 11.9. The quantitative estimate of drug-likeness (QED) is 0.235. The van der Waals surface area contributed by atoms with Gasteiger partial charge in [0.25, 0.3) is 0 Å². The fourth-order valence-electron chi connectivity index (χ4n) is 2.13. The highest BCUT2D eigenvalue weighted by molar-refractivity contribution is 7.98. The van der Waals surface area contributed by atoms with Crippen molar-refractivity contribution in [2.75, 3.05) is 6.26 Å². The van der Waals surface area contributed by atoms with Gasteiger partial charge in [0.2, 0.25) is 0 Å². The molecule has 1 aromatic heterocycles. The Morgan fingerprint density at radius 1 is 1.08 bits per heavy atom. The normalized spacial score (nSPS) is 11.0. The summed E-state index contributed by atoms with van der Waals surface area (Å²) in [6.07, 6.45) is 5.06. The fraction of sp³-hybridized carbons (Fsp3) is 0.0526. The maximum absolute atomic E-state index is 11.9. The van der Waals surface area contributed by atoms with Crippen molar-refractivity contribution < 1.29 is 13.9 Å². The summed E-state index contributed by atoms with van der Waals surface area (Å²) in [5.41, 5.74) is 0.846. The number of thioether (sulfide) groups is 1. The summed E-state index contributed by atoms with van der Waals surface area (Å²) < 4.78 is 10.3. The molecule has 0 spiro atoms. The van der Waals surface area contributed by atoms with Gasteiger partial charge >= 0.3 is 11.6 Å².